The molecule has 1 aliphatic carbocycles. The van der Waals surface area contributed by atoms with E-state index in [1.807, 2.05) is 4.90 Å². The van der Waals surface area contributed by atoms with Crippen LogP contribution in [0.15, 0.2) is 0 Å². The normalized spacial score (nSPS) is 22.0. The van der Waals surface area contributed by atoms with Crippen molar-refractivity contribution in [3.63, 3.8) is 0 Å². The first-order valence-corrected chi connectivity index (χ1v) is 10.6. The highest BCUT2D eigenvalue weighted by Gasteiger charge is 2.31. The van der Waals surface area contributed by atoms with Crippen LogP contribution in [0.5, 0.6) is 0 Å². The average molecular weight is 380 g/mol. The number of rotatable bonds is 4. The lowest BCUT2D eigenvalue weighted by molar-refractivity contribution is -0.155. The zero-order valence-corrected chi connectivity index (χ0v) is 16.4. The summed E-state index contributed by atoms with van der Waals surface area (Å²) in [4.78, 5) is 42.1. The fourth-order valence-electron chi connectivity index (χ4n) is 4.37. The van der Waals surface area contributed by atoms with Gasteiger partial charge >= 0.3 is 11.8 Å². The lowest BCUT2D eigenvalue weighted by atomic mass is 9.86. The SMILES string of the molecule is O=C(CCCC1CCCCC1)N1CCN(C(=O)C(=O)N2CCOCC2)CC1. The van der Waals surface area contributed by atoms with Crippen molar-refractivity contribution in [3.8, 4) is 0 Å². The monoisotopic (exact) mass is 379 g/mol. The Morgan fingerprint density at radius 3 is 1.93 bits per heavy atom. The lowest BCUT2D eigenvalue weighted by Gasteiger charge is -2.36. The van der Waals surface area contributed by atoms with Gasteiger partial charge in [-0.15, -0.1) is 0 Å². The van der Waals surface area contributed by atoms with Crippen molar-refractivity contribution in [1.29, 1.82) is 0 Å². The van der Waals surface area contributed by atoms with Gasteiger partial charge in [0, 0.05) is 45.7 Å². The molecular weight excluding hydrogens is 346 g/mol. The summed E-state index contributed by atoms with van der Waals surface area (Å²) in [6.07, 6.45) is 9.45. The molecule has 0 spiro atoms. The molecule has 0 N–H and O–H groups in total. The Bertz CT molecular complexity index is 519. The predicted molar refractivity (Wildman–Crippen MR) is 101 cm³/mol. The number of carbonyl (C=O) groups excluding carboxylic acids is 3. The lowest BCUT2D eigenvalue weighted by Crippen LogP contribution is -2.55. The number of piperazine rings is 1. The summed E-state index contributed by atoms with van der Waals surface area (Å²) in [6, 6.07) is 0. The number of hydrogen-bond donors (Lipinski definition) is 0. The first kappa shape index (κ1) is 20.1. The van der Waals surface area contributed by atoms with Crippen LogP contribution in [0, 0.1) is 5.92 Å². The molecule has 3 fully saturated rings. The van der Waals surface area contributed by atoms with Gasteiger partial charge in [-0.3, -0.25) is 14.4 Å². The largest absolute Gasteiger partial charge is 0.378 e. The third-order valence-corrected chi connectivity index (χ3v) is 6.13. The maximum absolute atomic E-state index is 12.4. The van der Waals surface area contributed by atoms with E-state index in [0.717, 1.165) is 18.8 Å². The summed E-state index contributed by atoms with van der Waals surface area (Å²) >= 11 is 0. The maximum Gasteiger partial charge on any atom is 0.312 e. The van der Waals surface area contributed by atoms with Gasteiger partial charge in [-0.2, -0.15) is 0 Å². The molecule has 7 nitrogen and oxygen atoms in total. The molecule has 0 atom stereocenters. The minimum atomic E-state index is -0.443. The smallest absolute Gasteiger partial charge is 0.312 e. The van der Waals surface area contributed by atoms with Crippen molar-refractivity contribution in [2.45, 2.75) is 51.4 Å². The van der Waals surface area contributed by atoms with Crippen LogP contribution in [0.25, 0.3) is 0 Å². The number of hydrogen-bond acceptors (Lipinski definition) is 4. The van der Waals surface area contributed by atoms with E-state index >= 15 is 0 Å². The maximum atomic E-state index is 12.4. The predicted octanol–water partition coefficient (Wildman–Crippen LogP) is 1.27. The Labute approximate surface area is 162 Å². The summed E-state index contributed by atoms with van der Waals surface area (Å²) < 4.78 is 5.22. The molecule has 3 amide bonds. The van der Waals surface area contributed by atoms with Gasteiger partial charge in [-0.05, 0) is 18.8 Å². The number of amides is 3. The van der Waals surface area contributed by atoms with E-state index < -0.39 is 11.8 Å². The van der Waals surface area contributed by atoms with Gasteiger partial charge in [0.15, 0.2) is 0 Å². The zero-order chi connectivity index (χ0) is 19.1. The fraction of sp³-hybridized carbons (Fsp3) is 0.850. The van der Waals surface area contributed by atoms with Crippen LogP contribution < -0.4 is 0 Å². The zero-order valence-electron chi connectivity index (χ0n) is 16.4. The quantitative estimate of drug-likeness (QED) is 0.690. The van der Waals surface area contributed by atoms with Crippen molar-refractivity contribution in [2.24, 2.45) is 5.92 Å². The molecule has 3 aliphatic rings. The minimum absolute atomic E-state index is 0.192. The van der Waals surface area contributed by atoms with Crippen molar-refractivity contribution < 1.29 is 19.1 Å². The molecule has 7 heteroatoms. The first-order chi connectivity index (χ1) is 13.1. The van der Waals surface area contributed by atoms with E-state index in [0.29, 0.717) is 58.9 Å². The van der Waals surface area contributed by atoms with Gasteiger partial charge in [0.05, 0.1) is 13.2 Å². The average Bonchev–Trinajstić information content (AvgIpc) is 2.74. The Morgan fingerprint density at radius 2 is 1.30 bits per heavy atom. The third kappa shape index (κ3) is 5.67. The van der Waals surface area contributed by atoms with Crippen LogP contribution in [0.4, 0.5) is 0 Å². The first-order valence-electron chi connectivity index (χ1n) is 10.6. The summed E-state index contributed by atoms with van der Waals surface area (Å²) in [5.74, 6) is 0.122. The number of ether oxygens (including phenoxy) is 1. The summed E-state index contributed by atoms with van der Waals surface area (Å²) in [6.45, 7) is 3.89. The van der Waals surface area contributed by atoms with Crippen molar-refractivity contribution in [1.82, 2.24) is 14.7 Å². The molecule has 0 radical (unpaired) electrons. The Balaban J connectivity index is 1.35. The highest BCUT2D eigenvalue weighted by Crippen LogP contribution is 2.27. The molecule has 27 heavy (non-hydrogen) atoms. The second-order valence-corrected chi connectivity index (χ2v) is 7.97. The van der Waals surface area contributed by atoms with Gasteiger partial charge in [0.2, 0.25) is 5.91 Å². The standard InChI is InChI=1S/C20H33N3O4/c24-18(8-4-7-17-5-2-1-3-6-17)21-9-11-22(12-10-21)19(25)20(26)23-13-15-27-16-14-23/h17H,1-16H2. The Kier molecular flexibility index (Phi) is 7.50. The Hall–Kier alpha value is -1.63. The highest BCUT2D eigenvalue weighted by molar-refractivity contribution is 6.34. The molecule has 0 unspecified atom stereocenters. The highest BCUT2D eigenvalue weighted by atomic mass is 16.5. The number of morpholine rings is 1. The second kappa shape index (κ2) is 10.1. The third-order valence-electron chi connectivity index (χ3n) is 6.13. The van der Waals surface area contributed by atoms with Crippen LogP contribution >= 0.6 is 0 Å². The van der Waals surface area contributed by atoms with E-state index in [1.54, 1.807) is 9.80 Å². The molecule has 2 aliphatic heterocycles. The molecule has 0 aromatic heterocycles. The van der Waals surface area contributed by atoms with Gasteiger partial charge in [-0.25, -0.2) is 0 Å². The van der Waals surface area contributed by atoms with E-state index in [9.17, 15) is 14.4 Å². The van der Waals surface area contributed by atoms with Gasteiger partial charge < -0.3 is 19.4 Å². The minimum Gasteiger partial charge on any atom is -0.378 e. The molecule has 0 aromatic carbocycles. The molecule has 3 rings (SSSR count). The van der Waals surface area contributed by atoms with E-state index in [2.05, 4.69) is 0 Å². The molecule has 152 valence electrons. The van der Waals surface area contributed by atoms with Crippen LogP contribution in [-0.2, 0) is 19.1 Å². The fourth-order valence-corrected chi connectivity index (χ4v) is 4.37. The van der Waals surface area contributed by atoms with Crippen LogP contribution in [-0.4, -0.2) is 84.9 Å². The molecular formula is C20H33N3O4. The van der Waals surface area contributed by atoms with E-state index in [-0.39, 0.29) is 5.91 Å². The molecule has 2 saturated heterocycles. The van der Waals surface area contributed by atoms with E-state index in [1.165, 1.54) is 32.1 Å². The van der Waals surface area contributed by atoms with Crippen molar-refractivity contribution >= 4 is 17.7 Å². The topological polar surface area (TPSA) is 70.2 Å². The molecule has 0 bridgehead atoms. The Morgan fingerprint density at radius 1 is 0.741 bits per heavy atom. The van der Waals surface area contributed by atoms with Gasteiger partial charge in [-0.1, -0.05) is 32.1 Å². The van der Waals surface area contributed by atoms with Gasteiger partial charge in [0.1, 0.15) is 0 Å². The number of nitrogens with zero attached hydrogens (tertiary/aromatic N) is 3. The van der Waals surface area contributed by atoms with Crippen LogP contribution in [0.3, 0.4) is 0 Å². The number of carbonyl (C=O) groups is 3. The molecule has 0 aromatic rings. The van der Waals surface area contributed by atoms with Crippen molar-refractivity contribution in [3.05, 3.63) is 0 Å². The summed E-state index contributed by atoms with van der Waals surface area (Å²) in [5, 5.41) is 0. The van der Waals surface area contributed by atoms with Crippen molar-refractivity contribution in [2.75, 3.05) is 52.5 Å². The summed E-state index contributed by atoms with van der Waals surface area (Å²) in [7, 11) is 0. The summed E-state index contributed by atoms with van der Waals surface area (Å²) in [5.41, 5.74) is 0. The molecule has 2 heterocycles. The second-order valence-electron chi connectivity index (χ2n) is 7.97. The van der Waals surface area contributed by atoms with Gasteiger partial charge in [0.25, 0.3) is 0 Å². The van der Waals surface area contributed by atoms with Crippen LogP contribution in [0.2, 0.25) is 0 Å². The van der Waals surface area contributed by atoms with Crippen LogP contribution in [0.1, 0.15) is 51.4 Å². The molecule has 1 saturated carbocycles. The van der Waals surface area contributed by atoms with E-state index in [4.69, 9.17) is 4.74 Å².